The number of allylic oxidation sites excluding steroid dienone is 2. The minimum Gasteiger partial charge on any atom is -0.491 e. The number of hydrogen-bond acceptors (Lipinski definition) is 4. The first-order chi connectivity index (χ1) is 16.3. The number of anilines is 2. The third kappa shape index (κ3) is 6.22. The summed E-state index contributed by atoms with van der Waals surface area (Å²) in [7, 11) is 0. The molecule has 0 aromatic heterocycles. The van der Waals surface area contributed by atoms with E-state index in [1.54, 1.807) is 12.1 Å². The van der Waals surface area contributed by atoms with Crippen LogP contribution in [0, 0.1) is 5.92 Å². The van der Waals surface area contributed by atoms with Gasteiger partial charge in [0.15, 0.2) is 0 Å². The zero-order valence-corrected chi connectivity index (χ0v) is 21.8. The number of fused-ring (bicyclic) bond motifs is 1. The minimum atomic E-state index is -0.298. The Morgan fingerprint density at radius 2 is 1.79 bits per heavy atom. The molecule has 2 aromatic carbocycles. The number of rotatable bonds is 11. The molecule has 0 radical (unpaired) electrons. The van der Waals surface area contributed by atoms with E-state index in [2.05, 4.69) is 58.1 Å². The van der Waals surface area contributed by atoms with Gasteiger partial charge in [-0.25, -0.2) is 4.79 Å². The second-order valence-corrected chi connectivity index (χ2v) is 10.1. The predicted octanol–water partition coefficient (Wildman–Crippen LogP) is 8.29. The van der Waals surface area contributed by atoms with Crippen molar-refractivity contribution >= 4 is 22.9 Å². The van der Waals surface area contributed by atoms with Gasteiger partial charge in [-0.2, -0.15) is 0 Å². The summed E-state index contributed by atoms with van der Waals surface area (Å²) in [4.78, 5) is 12.0. The highest BCUT2D eigenvalue weighted by molar-refractivity contribution is 5.90. The molecule has 0 heterocycles. The third-order valence-corrected chi connectivity index (χ3v) is 6.54. The molecule has 0 unspecified atom stereocenters. The van der Waals surface area contributed by atoms with E-state index in [0.717, 1.165) is 30.0 Å². The van der Waals surface area contributed by atoms with Crippen LogP contribution in [-0.2, 0) is 10.2 Å². The Labute approximate surface area is 205 Å². The Morgan fingerprint density at radius 3 is 2.44 bits per heavy atom. The molecule has 0 atom stereocenters. The average Bonchev–Trinajstić information content (AvgIpc) is 2.80. The van der Waals surface area contributed by atoms with Gasteiger partial charge in [0, 0.05) is 5.69 Å². The minimum absolute atomic E-state index is 0.0634. The molecule has 184 valence electrons. The molecule has 0 bridgehead atoms. The zero-order chi connectivity index (χ0) is 24.7. The highest BCUT2D eigenvalue weighted by Crippen LogP contribution is 2.45. The summed E-state index contributed by atoms with van der Waals surface area (Å²) < 4.78 is 11.5. The van der Waals surface area contributed by atoms with E-state index < -0.39 is 0 Å². The number of carbonyl (C=O) groups excluding carboxylic acids is 1. The predicted molar refractivity (Wildman–Crippen MR) is 142 cm³/mol. The van der Waals surface area contributed by atoms with Gasteiger partial charge in [0.2, 0.25) is 0 Å². The lowest BCUT2D eigenvalue weighted by Crippen LogP contribution is -2.23. The molecular weight excluding hydrogens is 422 g/mol. The first-order valence-electron chi connectivity index (χ1n) is 12.8. The van der Waals surface area contributed by atoms with Gasteiger partial charge >= 0.3 is 5.97 Å². The van der Waals surface area contributed by atoms with Crippen LogP contribution in [0.3, 0.4) is 0 Å². The van der Waals surface area contributed by atoms with Gasteiger partial charge in [0.05, 0.1) is 24.5 Å². The highest BCUT2D eigenvalue weighted by atomic mass is 16.5. The maximum atomic E-state index is 12.0. The molecule has 0 aliphatic heterocycles. The number of nitrogens with one attached hydrogen (secondary N) is 1. The van der Waals surface area contributed by atoms with E-state index in [-0.39, 0.29) is 11.4 Å². The van der Waals surface area contributed by atoms with Crippen LogP contribution >= 0.6 is 0 Å². The Hall–Kier alpha value is -2.75. The first kappa shape index (κ1) is 25.9. The number of benzene rings is 2. The summed E-state index contributed by atoms with van der Waals surface area (Å²) in [6.07, 6.45) is 8.12. The number of ether oxygens (including phenoxy) is 2. The van der Waals surface area contributed by atoms with Crippen LogP contribution in [0.15, 0.2) is 42.5 Å². The van der Waals surface area contributed by atoms with Crippen molar-refractivity contribution in [2.75, 3.05) is 18.5 Å². The maximum absolute atomic E-state index is 12.0. The maximum Gasteiger partial charge on any atom is 0.338 e. The zero-order valence-electron chi connectivity index (χ0n) is 21.8. The molecule has 4 nitrogen and oxygen atoms in total. The highest BCUT2D eigenvalue weighted by Gasteiger charge is 2.30. The fourth-order valence-electron chi connectivity index (χ4n) is 4.50. The first-order valence-corrected chi connectivity index (χ1v) is 12.8. The fourth-order valence-corrected chi connectivity index (χ4v) is 4.50. The molecule has 0 amide bonds. The van der Waals surface area contributed by atoms with Gasteiger partial charge in [-0.15, -0.1) is 0 Å². The lowest BCUT2D eigenvalue weighted by Gasteiger charge is -2.34. The second kappa shape index (κ2) is 11.6. The topological polar surface area (TPSA) is 47.6 Å². The molecule has 0 saturated heterocycles. The van der Waals surface area contributed by atoms with Gasteiger partial charge in [0.1, 0.15) is 5.75 Å². The van der Waals surface area contributed by atoms with Crippen molar-refractivity contribution in [3.8, 4) is 5.75 Å². The molecule has 0 spiro atoms. The Kier molecular flexibility index (Phi) is 8.82. The summed E-state index contributed by atoms with van der Waals surface area (Å²) in [6, 6.07) is 11.9. The van der Waals surface area contributed by atoms with Crippen LogP contribution in [0.25, 0.3) is 5.57 Å². The van der Waals surface area contributed by atoms with Crippen molar-refractivity contribution in [1.82, 2.24) is 0 Å². The molecule has 1 aliphatic rings. The molecule has 1 N–H and O–H groups in total. The smallest absolute Gasteiger partial charge is 0.338 e. The van der Waals surface area contributed by atoms with E-state index in [1.807, 2.05) is 19.1 Å². The number of unbranched alkanes of at least 4 members (excludes halogenated alkanes) is 3. The summed E-state index contributed by atoms with van der Waals surface area (Å²) >= 11 is 0. The largest absolute Gasteiger partial charge is 0.491 e. The average molecular weight is 464 g/mol. The van der Waals surface area contributed by atoms with Crippen molar-refractivity contribution in [1.29, 1.82) is 0 Å². The van der Waals surface area contributed by atoms with Crippen molar-refractivity contribution in [3.05, 3.63) is 59.2 Å². The lowest BCUT2D eigenvalue weighted by atomic mass is 9.71. The SMILES string of the molecule is CCCCCCOc1cc2c(cc1Nc1ccc(C(=O)OCC)cc1)C(C(C)C)=CCC2(C)C. The van der Waals surface area contributed by atoms with Crippen LogP contribution in [0.4, 0.5) is 11.4 Å². The van der Waals surface area contributed by atoms with Crippen LogP contribution < -0.4 is 10.1 Å². The Balaban J connectivity index is 1.94. The summed E-state index contributed by atoms with van der Waals surface area (Å²) in [5.74, 6) is 1.04. The summed E-state index contributed by atoms with van der Waals surface area (Å²) in [5.41, 5.74) is 6.53. The third-order valence-electron chi connectivity index (χ3n) is 6.54. The lowest BCUT2D eigenvalue weighted by molar-refractivity contribution is 0.0526. The number of carbonyl (C=O) groups is 1. The molecule has 4 heteroatoms. The number of esters is 1. The van der Waals surface area contributed by atoms with Gasteiger partial charge in [-0.05, 0) is 84.2 Å². The van der Waals surface area contributed by atoms with Crippen molar-refractivity contribution in [3.63, 3.8) is 0 Å². The van der Waals surface area contributed by atoms with Gasteiger partial charge in [-0.1, -0.05) is 60.0 Å². The van der Waals surface area contributed by atoms with Crippen LogP contribution in [-0.4, -0.2) is 19.2 Å². The van der Waals surface area contributed by atoms with Crippen LogP contribution in [0.1, 0.15) is 95.1 Å². The van der Waals surface area contributed by atoms with E-state index >= 15 is 0 Å². The number of hydrogen-bond donors (Lipinski definition) is 1. The second-order valence-electron chi connectivity index (χ2n) is 10.1. The molecule has 0 fully saturated rings. The molecule has 34 heavy (non-hydrogen) atoms. The molecule has 1 aliphatic carbocycles. The summed E-state index contributed by atoms with van der Waals surface area (Å²) in [6.45, 7) is 14.3. The molecule has 0 saturated carbocycles. The fraction of sp³-hybridized carbons (Fsp3) is 0.500. The van der Waals surface area contributed by atoms with E-state index in [9.17, 15) is 4.79 Å². The van der Waals surface area contributed by atoms with E-state index in [1.165, 1.54) is 36.0 Å². The standard InChI is InChI=1S/C30H41NO3/c1-7-9-10-11-18-34-28-20-26-25(24(21(3)4)16-17-30(26,5)6)19-27(28)31-23-14-12-22(13-15-23)29(32)33-8-2/h12-16,19-21,31H,7-11,17-18H2,1-6H3. The van der Waals surface area contributed by atoms with Gasteiger partial charge < -0.3 is 14.8 Å². The summed E-state index contributed by atoms with van der Waals surface area (Å²) in [5, 5.41) is 3.56. The molecular formula is C30H41NO3. The van der Waals surface area contributed by atoms with E-state index in [0.29, 0.717) is 24.7 Å². The van der Waals surface area contributed by atoms with Crippen molar-refractivity contribution < 1.29 is 14.3 Å². The van der Waals surface area contributed by atoms with Gasteiger partial charge in [0.25, 0.3) is 0 Å². The van der Waals surface area contributed by atoms with E-state index in [4.69, 9.17) is 9.47 Å². The van der Waals surface area contributed by atoms with Crippen molar-refractivity contribution in [2.45, 2.75) is 79.1 Å². The van der Waals surface area contributed by atoms with Crippen LogP contribution in [0.2, 0.25) is 0 Å². The van der Waals surface area contributed by atoms with Crippen molar-refractivity contribution in [2.24, 2.45) is 5.92 Å². The normalized spacial score (nSPS) is 14.4. The van der Waals surface area contributed by atoms with Crippen LogP contribution in [0.5, 0.6) is 5.75 Å². The van der Waals surface area contributed by atoms with Gasteiger partial charge in [-0.3, -0.25) is 0 Å². The molecule has 3 rings (SSSR count). The quantitative estimate of drug-likeness (QED) is 0.269. The Bertz CT molecular complexity index is 1000. The monoisotopic (exact) mass is 463 g/mol. The Morgan fingerprint density at radius 1 is 1.06 bits per heavy atom. The molecule has 2 aromatic rings.